The van der Waals surface area contributed by atoms with Gasteiger partial charge in [0.05, 0.1) is 30.6 Å². The predicted molar refractivity (Wildman–Crippen MR) is 159 cm³/mol. The molecule has 1 aliphatic rings. The minimum Gasteiger partial charge on any atom is -0.495 e. The molecule has 1 saturated heterocycles. The van der Waals surface area contributed by atoms with Gasteiger partial charge in [0, 0.05) is 36.6 Å². The molecule has 1 fully saturated rings. The van der Waals surface area contributed by atoms with Gasteiger partial charge in [-0.15, -0.1) is 0 Å². The number of anilines is 2. The quantitative estimate of drug-likeness (QED) is 0.294. The van der Waals surface area contributed by atoms with Gasteiger partial charge in [-0.1, -0.05) is 12.1 Å². The Morgan fingerprint density at radius 2 is 1.90 bits per heavy atom. The lowest BCUT2D eigenvalue weighted by Gasteiger charge is -2.29. The second-order valence-electron chi connectivity index (χ2n) is 9.72. The highest BCUT2D eigenvalue weighted by Gasteiger charge is 2.42. The summed E-state index contributed by atoms with van der Waals surface area (Å²) in [5.41, 5.74) is 6.50. The van der Waals surface area contributed by atoms with Gasteiger partial charge in [0.15, 0.2) is 5.11 Å². The van der Waals surface area contributed by atoms with E-state index in [1.165, 1.54) is 7.11 Å². The van der Waals surface area contributed by atoms with Crippen LogP contribution in [0.5, 0.6) is 5.75 Å². The zero-order valence-electron chi connectivity index (χ0n) is 23.1. The van der Waals surface area contributed by atoms with E-state index in [-0.39, 0.29) is 24.6 Å². The van der Waals surface area contributed by atoms with Crippen LogP contribution >= 0.6 is 12.2 Å². The molecule has 1 aliphatic heterocycles. The van der Waals surface area contributed by atoms with Gasteiger partial charge in [-0.25, -0.2) is 4.98 Å². The van der Waals surface area contributed by atoms with Crippen molar-refractivity contribution in [2.75, 3.05) is 31.0 Å². The Kier molecular flexibility index (Phi) is 7.81. The van der Waals surface area contributed by atoms with Gasteiger partial charge in [0.2, 0.25) is 5.91 Å². The molecule has 3 aromatic heterocycles. The standard InChI is InChI=1S/C30H32N6O3S/c1-18-9-12-26(32-16-18)35-19(2)14-22(20(35)3)29-28(23-8-6-7-13-31-23)34-30(40)36(29)21-10-11-25(39-5)24(15-21)33-27(37)17-38-4/h6-16,28-29H,17H2,1-5H3,(H,33,37)(H,34,40)/t28-,29+/m0/s1. The van der Waals surface area contributed by atoms with E-state index in [0.29, 0.717) is 16.5 Å². The fourth-order valence-corrected chi connectivity index (χ4v) is 5.59. The van der Waals surface area contributed by atoms with Crippen LogP contribution in [0, 0.1) is 20.8 Å². The predicted octanol–water partition coefficient (Wildman–Crippen LogP) is 4.96. The van der Waals surface area contributed by atoms with Gasteiger partial charge < -0.3 is 29.6 Å². The van der Waals surface area contributed by atoms with Crippen LogP contribution in [0.15, 0.2) is 67.0 Å². The highest BCUT2D eigenvalue weighted by Crippen LogP contribution is 2.45. The maximum atomic E-state index is 12.4. The number of nitrogens with zero attached hydrogens (tertiary/aromatic N) is 4. The van der Waals surface area contributed by atoms with Crippen LogP contribution in [0.1, 0.15) is 40.3 Å². The lowest BCUT2D eigenvalue weighted by molar-refractivity contribution is -0.119. The first-order valence-corrected chi connectivity index (χ1v) is 13.3. The number of aryl methyl sites for hydroxylation is 2. The molecule has 0 radical (unpaired) electrons. The topological polar surface area (TPSA) is 93.5 Å². The van der Waals surface area contributed by atoms with Crippen LogP contribution in [0.2, 0.25) is 0 Å². The number of rotatable bonds is 8. The minimum atomic E-state index is -0.280. The summed E-state index contributed by atoms with van der Waals surface area (Å²) >= 11 is 5.93. The van der Waals surface area contributed by atoms with E-state index >= 15 is 0 Å². The van der Waals surface area contributed by atoms with Crippen LogP contribution in [0.25, 0.3) is 5.82 Å². The van der Waals surface area contributed by atoms with Gasteiger partial charge in [0.1, 0.15) is 18.2 Å². The van der Waals surface area contributed by atoms with Crippen LogP contribution in [0.4, 0.5) is 11.4 Å². The second kappa shape index (κ2) is 11.4. The molecule has 4 aromatic rings. The van der Waals surface area contributed by atoms with Crippen molar-refractivity contribution in [3.63, 3.8) is 0 Å². The van der Waals surface area contributed by atoms with Crippen LogP contribution in [0.3, 0.4) is 0 Å². The summed E-state index contributed by atoms with van der Waals surface area (Å²) in [7, 11) is 3.05. The Morgan fingerprint density at radius 1 is 1.07 bits per heavy atom. The first-order valence-electron chi connectivity index (χ1n) is 12.9. The number of methoxy groups -OCH3 is 2. The third-order valence-corrected chi connectivity index (χ3v) is 7.34. The van der Waals surface area contributed by atoms with E-state index in [0.717, 1.165) is 39.7 Å². The van der Waals surface area contributed by atoms with E-state index in [1.807, 2.05) is 55.6 Å². The molecule has 10 heteroatoms. The summed E-state index contributed by atoms with van der Waals surface area (Å²) in [6.45, 7) is 6.14. The Labute approximate surface area is 239 Å². The minimum absolute atomic E-state index is 0.0690. The van der Waals surface area contributed by atoms with Crippen LogP contribution in [-0.2, 0) is 9.53 Å². The van der Waals surface area contributed by atoms with E-state index in [1.54, 1.807) is 13.3 Å². The highest BCUT2D eigenvalue weighted by molar-refractivity contribution is 7.80. The lowest BCUT2D eigenvalue weighted by atomic mass is 9.96. The Hall–Kier alpha value is -4.28. The molecule has 0 aliphatic carbocycles. The number of nitrogens with one attached hydrogen (secondary N) is 2. The van der Waals surface area contributed by atoms with Gasteiger partial charge in [-0.2, -0.15) is 0 Å². The molecular formula is C30H32N6O3S. The van der Waals surface area contributed by atoms with E-state index < -0.39 is 0 Å². The van der Waals surface area contributed by atoms with E-state index in [2.05, 4.69) is 56.0 Å². The molecular weight excluding hydrogens is 524 g/mol. The number of pyridine rings is 2. The van der Waals surface area contributed by atoms with E-state index in [9.17, 15) is 4.79 Å². The number of carbonyl (C=O) groups is 1. The van der Waals surface area contributed by atoms with Crippen molar-refractivity contribution in [3.05, 3.63) is 95.2 Å². The SMILES string of the molecule is COCC(=O)Nc1cc(N2C(=S)N[C@@H](c3ccccn3)[C@H]2c2cc(C)n(-c3ccc(C)cn3)c2C)ccc1OC. The zero-order chi connectivity index (χ0) is 28.4. The fourth-order valence-electron chi connectivity index (χ4n) is 5.24. The van der Waals surface area contributed by atoms with Crippen molar-refractivity contribution in [2.45, 2.75) is 32.9 Å². The van der Waals surface area contributed by atoms with Crippen molar-refractivity contribution in [2.24, 2.45) is 0 Å². The summed E-state index contributed by atoms with van der Waals surface area (Å²) in [5.74, 6) is 1.11. The Morgan fingerprint density at radius 3 is 2.58 bits per heavy atom. The number of thiocarbonyl (C=S) groups is 1. The van der Waals surface area contributed by atoms with Crippen molar-refractivity contribution >= 4 is 34.6 Å². The van der Waals surface area contributed by atoms with Gasteiger partial charge in [-0.3, -0.25) is 9.78 Å². The second-order valence-corrected chi connectivity index (χ2v) is 10.1. The average Bonchev–Trinajstić information content (AvgIpc) is 3.44. The van der Waals surface area contributed by atoms with Crippen molar-refractivity contribution in [1.29, 1.82) is 0 Å². The Balaban J connectivity index is 1.64. The number of amides is 1. The zero-order valence-corrected chi connectivity index (χ0v) is 24.0. The molecule has 206 valence electrons. The summed E-state index contributed by atoms with van der Waals surface area (Å²) in [6, 6.07) is 17.3. The Bertz CT molecular complexity index is 1540. The average molecular weight is 557 g/mol. The first-order chi connectivity index (χ1) is 19.3. The number of hydrogen-bond donors (Lipinski definition) is 2. The molecule has 2 N–H and O–H groups in total. The third-order valence-electron chi connectivity index (χ3n) is 7.02. The molecule has 0 bridgehead atoms. The lowest BCUT2D eigenvalue weighted by Crippen LogP contribution is -2.29. The monoisotopic (exact) mass is 556 g/mol. The largest absolute Gasteiger partial charge is 0.495 e. The van der Waals surface area contributed by atoms with E-state index in [4.69, 9.17) is 21.7 Å². The van der Waals surface area contributed by atoms with Gasteiger partial charge in [0.25, 0.3) is 0 Å². The van der Waals surface area contributed by atoms with Crippen molar-refractivity contribution < 1.29 is 14.3 Å². The smallest absolute Gasteiger partial charge is 0.250 e. The first kappa shape index (κ1) is 27.3. The van der Waals surface area contributed by atoms with Crippen LogP contribution in [-0.4, -0.2) is 46.4 Å². The summed E-state index contributed by atoms with van der Waals surface area (Å²) < 4.78 is 12.7. The number of ether oxygens (including phenoxy) is 2. The number of aromatic nitrogens is 3. The maximum absolute atomic E-state index is 12.4. The van der Waals surface area contributed by atoms with Crippen LogP contribution < -0.4 is 20.3 Å². The van der Waals surface area contributed by atoms with Gasteiger partial charge >= 0.3 is 0 Å². The molecule has 4 heterocycles. The van der Waals surface area contributed by atoms with Crippen molar-refractivity contribution in [1.82, 2.24) is 19.9 Å². The third kappa shape index (κ3) is 5.15. The number of hydrogen-bond acceptors (Lipinski definition) is 6. The molecule has 1 amide bonds. The summed E-state index contributed by atoms with van der Waals surface area (Å²) in [4.78, 5) is 23.8. The van der Waals surface area contributed by atoms with Gasteiger partial charge in [-0.05, 0) is 86.6 Å². The molecule has 9 nitrogen and oxygen atoms in total. The molecule has 1 aromatic carbocycles. The summed E-state index contributed by atoms with van der Waals surface area (Å²) in [5, 5.41) is 6.95. The fraction of sp³-hybridized carbons (Fsp3) is 0.267. The molecule has 0 unspecified atom stereocenters. The molecule has 0 spiro atoms. The molecule has 0 saturated carbocycles. The molecule has 5 rings (SSSR count). The number of carbonyl (C=O) groups excluding carboxylic acids is 1. The molecule has 40 heavy (non-hydrogen) atoms. The van der Waals surface area contributed by atoms with Crippen molar-refractivity contribution in [3.8, 4) is 11.6 Å². The number of benzene rings is 1. The highest BCUT2D eigenvalue weighted by atomic mass is 32.1. The molecule has 2 atom stereocenters. The normalized spacial score (nSPS) is 16.6. The maximum Gasteiger partial charge on any atom is 0.250 e. The summed E-state index contributed by atoms with van der Waals surface area (Å²) in [6.07, 6.45) is 3.66.